The molecule has 1 saturated heterocycles. The third kappa shape index (κ3) is 4.18. The van der Waals surface area contributed by atoms with E-state index in [1.807, 2.05) is 12.1 Å². The van der Waals surface area contributed by atoms with Crippen molar-refractivity contribution in [2.24, 2.45) is 0 Å². The van der Waals surface area contributed by atoms with E-state index in [9.17, 15) is 4.79 Å². The van der Waals surface area contributed by atoms with E-state index in [-0.39, 0.29) is 11.9 Å². The van der Waals surface area contributed by atoms with Crippen LogP contribution in [0.1, 0.15) is 23.1 Å². The van der Waals surface area contributed by atoms with Crippen molar-refractivity contribution in [1.82, 2.24) is 10.2 Å². The molecule has 1 amide bonds. The highest BCUT2D eigenvalue weighted by Gasteiger charge is 2.23. The standard InChI is InChI=1S/C18H22N2OS/c1-14-3-2-4-15(9-14)10-18(21)19-17-5-7-20(12-17)11-16-6-8-22-13-16/h2-4,6,8-9,13,17H,5,7,10-12H2,1H3,(H,19,21). The van der Waals surface area contributed by atoms with Crippen LogP contribution in [0.25, 0.3) is 0 Å². The van der Waals surface area contributed by atoms with E-state index in [1.165, 1.54) is 11.1 Å². The van der Waals surface area contributed by atoms with E-state index in [0.717, 1.165) is 31.6 Å². The number of hydrogen-bond acceptors (Lipinski definition) is 3. The second-order valence-electron chi connectivity index (χ2n) is 6.09. The Hall–Kier alpha value is -1.65. The van der Waals surface area contributed by atoms with E-state index in [4.69, 9.17) is 0 Å². The predicted molar refractivity (Wildman–Crippen MR) is 91.0 cm³/mol. The van der Waals surface area contributed by atoms with Crippen molar-refractivity contribution in [2.45, 2.75) is 32.4 Å². The molecule has 1 fully saturated rings. The second kappa shape index (κ2) is 7.07. The number of likely N-dealkylation sites (tertiary alicyclic amines) is 1. The molecule has 0 saturated carbocycles. The SMILES string of the molecule is Cc1cccc(CC(=O)NC2CCN(Cc3ccsc3)C2)c1. The number of benzene rings is 1. The number of rotatable bonds is 5. The third-order valence-corrected chi connectivity index (χ3v) is 4.80. The molecule has 2 heterocycles. The number of carbonyl (C=O) groups is 1. The molecule has 116 valence electrons. The lowest BCUT2D eigenvalue weighted by Crippen LogP contribution is -2.37. The molecule has 0 radical (unpaired) electrons. The van der Waals surface area contributed by atoms with E-state index in [2.05, 4.69) is 46.1 Å². The summed E-state index contributed by atoms with van der Waals surface area (Å²) in [4.78, 5) is 14.6. The van der Waals surface area contributed by atoms with E-state index < -0.39 is 0 Å². The van der Waals surface area contributed by atoms with Crippen LogP contribution in [0.5, 0.6) is 0 Å². The maximum atomic E-state index is 12.2. The minimum Gasteiger partial charge on any atom is -0.352 e. The summed E-state index contributed by atoms with van der Waals surface area (Å²) in [6.45, 7) is 5.06. The molecule has 0 aliphatic carbocycles. The monoisotopic (exact) mass is 314 g/mol. The molecule has 1 aromatic carbocycles. The average molecular weight is 314 g/mol. The summed E-state index contributed by atoms with van der Waals surface area (Å²) in [5, 5.41) is 7.49. The lowest BCUT2D eigenvalue weighted by atomic mass is 10.1. The van der Waals surface area contributed by atoms with Gasteiger partial charge in [-0.1, -0.05) is 29.8 Å². The number of nitrogens with zero attached hydrogens (tertiary/aromatic N) is 1. The van der Waals surface area contributed by atoms with Crippen LogP contribution in [0.15, 0.2) is 41.1 Å². The lowest BCUT2D eigenvalue weighted by molar-refractivity contribution is -0.121. The van der Waals surface area contributed by atoms with Gasteiger partial charge in [0.25, 0.3) is 0 Å². The smallest absolute Gasteiger partial charge is 0.224 e. The van der Waals surface area contributed by atoms with Crippen molar-refractivity contribution in [3.05, 3.63) is 57.8 Å². The van der Waals surface area contributed by atoms with Crippen molar-refractivity contribution in [3.63, 3.8) is 0 Å². The van der Waals surface area contributed by atoms with Crippen LogP contribution >= 0.6 is 11.3 Å². The summed E-state index contributed by atoms with van der Waals surface area (Å²) in [5.74, 6) is 0.132. The van der Waals surface area contributed by atoms with Gasteiger partial charge in [0.2, 0.25) is 5.91 Å². The molecular weight excluding hydrogens is 292 g/mol. The molecule has 2 aromatic rings. The molecule has 1 aliphatic heterocycles. The zero-order chi connectivity index (χ0) is 15.4. The Morgan fingerprint density at radius 3 is 3.05 bits per heavy atom. The highest BCUT2D eigenvalue weighted by Crippen LogP contribution is 2.15. The number of thiophene rings is 1. The van der Waals surface area contributed by atoms with Crippen molar-refractivity contribution < 1.29 is 4.79 Å². The van der Waals surface area contributed by atoms with Gasteiger partial charge < -0.3 is 5.32 Å². The molecule has 3 rings (SSSR count). The summed E-state index contributed by atoms with van der Waals surface area (Å²) in [5.41, 5.74) is 3.66. The molecular formula is C18H22N2OS. The fraction of sp³-hybridized carbons (Fsp3) is 0.389. The minimum absolute atomic E-state index is 0.132. The Balaban J connectivity index is 1.46. The zero-order valence-electron chi connectivity index (χ0n) is 12.9. The number of nitrogens with one attached hydrogen (secondary N) is 1. The second-order valence-corrected chi connectivity index (χ2v) is 6.87. The first-order chi connectivity index (χ1) is 10.7. The summed E-state index contributed by atoms with van der Waals surface area (Å²) in [7, 11) is 0. The van der Waals surface area contributed by atoms with Crippen LogP contribution in [0, 0.1) is 6.92 Å². The normalized spacial score (nSPS) is 18.5. The third-order valence-electron chi connectivity index (χ3n) is 4.07. The van der Waals surface area contributed by atoms with Gasteiger partial charge in [-0.2, -0.15) is 11.3 Å². The molecule has 3 nitrogen and oxygen atoms in total. The largest absolute Gasteiger partial charge is 0.352 e. The minimum atomic E-state index is 0.132. The van der Waals surface area contributed by atoms with Crippen LogP contribution < -0.4 is 5.32 Å². The number of hydrogen-bond donors (Lipinski definition) is 1. The van der Waals surface area contributed by atoms with Gasteiger partial charge in [0, 0.05) is 25.7 Å². The lowest BCUT2D eigenvalue weighted by Gasteiger charge is -2.16. The molecule has 1 aromatic heterocycles. The highest BCUT2D eigenvalue weighted by atomic mass is 32.1. The van der Waals surface area contributed by atoms with Crippen molar-refractivity contribution in [1.29, 1.82) is 0 Å². The quantitative estimate of drug-likeness (QED) is 0.920. The average Bonchev–Trinajstić information content (AvgIpc) is 3.11. The van der Waals surface area contributed by atoms with E-state index in [1.54, 1.807) is 11.3 Å². The van der Waals surface area contributed by atoms with Crippen molar-refractivity contribution in [3.8, 4) is 0 Å². The van der Waals surface area contributed by atoms with Gasteiger partial charge in [-0.05, 0) is 41.3 Å². The molecule has 0 spiro atoms. The first kappa shape index (κ1) is 15.3. The summed E-state index contributed by atoms with van der Waals surface area (Å²) < 4.78 is 0. The van der Waals surface area contributed by atoms with Gasteiger partial charge in [-0.25, -0.2) is 0 Å². The van der Waals surface area contributed by atoms with Crippen LogP contribution in [-0.2, 0) is 17.8 Å². The van der Waals surface area contributed by atoms with Gasteiger partial charge >= 0.3 is 0 Å². The first-order valence-electron chi connectivity index (χ1n) is 7.77. The Morgan fingerprint density at radius 2 is 2.27 bits per heavy atom. The molecule has 1 unspecified atom stereocenters. The first-order valence-corrected chi connectivity index (χ1v) is 8.71. The Morgan fingerprint density at radius 1 is 1.36 bits per heavy atom. The Labute approximate surface area is 136 Å². The van der Waals surface area contributed by atoms with Gasteiger partial charge in [0.15, 0.2) is 0 Å². The number of aryl methyl sites for hydroxylation is 1. The molecule has 1 atom stereocenters. The summed E-state index contributed by atoms with van der Waals surface area (Å²) in [6, 6.07) is 10.6. The molecule has 4 heteroatoms. The fourth-order valence-corrected chi connectivity index (χ4v) is 3.68. The number of carbonyl (C=O) groups excluding carboxylic acids is 1. The van der Waals surface area contributed by atoms with Crippen LogP contribution in [-0.4, -0.2) is 29.9 Å². The van der Waals surface area contributed by atoms with Gasteiger partial charge in [-0.15, -0.1) is 0 Å². The highest BCUT2D eigenvalue weighted by molar-refractivity contribution is 7.07. The zero-order valence-corrected chi connectivity index (χ0v) is 13.7. The van der Waals surface area contributed by atoms with E-state index in [0.29, 0.717) is 6.42 Å². The molecule has 0 bridgehead atoms. The van der Waals surface area contributed by atoms with Crippen molar-refractivity contribution >= 4 is 17.2 Å². The molecule has 1 aliphatic rings. The maximum absolute atomic E-state index is 12.2. The van der Waals surface area contributed by atoms with Crippen LogP contribution in [0.2, 0.25) is 0 Å². The number of amides is 1. The van der Waals surface area contributed by atoms with E-state index >= 15 is 0 Å². The predicted octanol–water partition coefficient (Wildman–Crippen LogP) is 2.99. The summed E-state index contributed by atoms with van der Waals surface area (Å²) >= 11 is 1.74. The maximum Gasteiger partial charge on any atom is 0.224 e. The van der Waals surface area contributed by atoms with Gasteiger partial charge in [0.05, 0.1) is 6.42 Å². The Bertz CT molecular complexity index is 624. The van der Waals surface area contributed by atoms with Crippen LogP contribution in [0.4, 0.5) is 0 Å². The van der Waals surface area contributed by atoms with Gasteiger partial charge in [0.1, 0.15) is 0 Å². The van der Waals surface area contributed by atoms with Crippen molar-refractivity contribution in [2.75, 3.05) is 13.1 Å². The molecule has 1 N–H and O–H groups in total. The summed E-state index contributed by atoms with van der Waals surface area (Å²) in [6.07, 6.45) is 1.52. The molecule has 22 heavy (non-hydrogen) atoms. The topological polar surface area (TPSA) is 32.3 Å². The van der Waals surface area contributed by atoms with Gasteiger partial charge in [-0.3, -0.25) is 9.69 Å². The van der Waals surface area contributed by atoms with Crippen LogP contribution in [0.3, 0.4) is 0 Å². The fourth-order valence-electron chi connectivity index (χ4n) is 3.02. The Kier molecular flexibility index (Phi) is 4.90.